The number of ether oxygens (including phenoxy) is 1. The second-order valence-corrected chi connectivity index (χ2v) is 5.73. The van der Waals surface area contributed by atoms with Gasteiger partial charge in [0.15, 0.2) is 5.78 Å². The fraction of sp³-hybridized carbons (Fsp3) is 0.0476. The van der Waals surface area contributed by atoms with Gasteiger partial charge in [-0.3, -0.25) is 4.79 Å². The number of ketones is 1. The number of nitrogens with one attached hydrogen (secondary N) is 1. The standard InChI is InChI=1S/C21H18FN3O2/c1-27-20-11-5-14(13-18(20)23)4-10-19(26)17-3-2-12-24-21(17)25-16-8-6-15(22)7-9-16/h2-13H,23H2,1H3,(H,24,25)/b10-4+. The van der Waals surface area contributed by atoms with Crippen molar-refractivity contribution >= 4 is 29.1 Å². The van der Waals surface area contributed by atoms with Gasteiger partial charge in [-0.05, 0) is 60.2 Å². The Hall–Kier alpha value is -3.67. The number of hydrogen-bond donors (Lipinski definition) is 2. The van der Waals surface area contributed by atoms with E-state index < -0.39 is 0 Å². The van der Waals surface area contributed by atoms with Crippen molar-refractivity contribution in [1.82, 2.24) is 4.98 Å². The molecule has 5 nitrogen and oxygen atoms in total. The highest BCUT2D eigenvalue weighted by Crippen LogP contribution is 2.23. The fourth-order valence-corrected chi connectivity index (χ4v) is 2.49. The summed E-state index contributed by atoms with van der Waals surface area (Å²) in [7, 11) is 1.54. The maximum atomic E-state index is 13.0. The van der Waals surface area contributed by atoms with Gasteiger partial charge in [0, 0.05) is 11.9 Å². The van der Waals surface area contributed by atoms with Crippen LogP contribution in [0.1, 0.15) is 15.9 Å². The summed E-state index contributed by atoms with van der Waals surface area (Å²) < 4.78 is 18.2. The number of aromatic nitrogens is 1. The molecule has 6 heteroatoms. The molecule has 0 amide bonds. The van der Waals surface area contributed by atoms with E-state index in [2.05, 4.69) is 10.3 Å². The lowest BCUT2D eigenvalue weighted by molar-refractivity contribution is 0.104. The molecule has 0 aliphatic carbocycles. The van der Waals surface area contributed by atoms with Crippen molar-refractivity contribution in [1.29, 1.82) is 0 Å². The van der Waals surface area contributed by atoms with Crippen molar-refractivity contribution < 1.29 is 13.9 Å². The highest BCUT2D eigenvalue weighted by atomic mass is 19.1. The SMILES string of the molecule is COc1ccc(/C=C/C(=O)c2cccnc2Nc2ccc(F)cc2)cc1N. The molecule has 0 aliphatic rings. The number of methoxy groups -OCH3 is 1. The summed E-state index contributed by atoms with van der Waals surface area (Å²) in [5, 5.41) is 3.03. The number of rotatable bonds is 6. The van der Waals surface area contributed by atoms with Crippen LogP contribution in [0.25, 0.3) is 6.08 Å². The van der Waals surface area contributed by atoms with Crippen LogP contribution in [-0.4, -0.2) is 17.9 Å². The Kier molecular flexibility index (Phi) is 5.47. The third-order valence-corrected chi connectivity index (χ3v) is 3.86. The minimum Gasteiger partial charge on any atom is -0.495 e. The molecule has 3 rings (SSSR count). The van der Waals surface area contributed by atoms with E-state index in [1.807, 2.05) is 0 Å². The summed E-state index contributed by atoms with van der Waals surface area (Å²) in [6.45, 7) is 0. The normalized spacial score (nSPS) is 10.7. The first kappa shape index (κ1) is 18.1. The zero-order chi connectivity index (χ0) is 19.2. The maximum Gasteiger partial charge on any atom is 0.189 e. The quantitative estimate of drug-likeness (QED) is 0.384. The molecule has 1 heterocycles. The van der Waals surface area contributed by atoms with Crippen LogP contribution in [0.5, 0.6) is 5.75 Å². The topological polar surface area (TPSA) is 77.2 Å². The average Bonchev–Trinajstić information content (AvgIpc) is 2.68. The second-order valence-electron chi connectivity index (χ2n) is 5.73. The van der Waals surface area contributed by atoms with Gasteiger partial charge < -0.3 is 15.8 Å². The Morgan fingerprint density at radius 2 is 1.96 bits per heavy atom. The zero-order valence-electron chi connectivity index (χ0n) is 14.6. The van der Waals surface area contributed by atoms with Gasteiger partial charge in [0.1, 0.15) is 17.4 Å². The predicted octanol–water partition coefficient (Wildman–Crippen LogP) is 4.45. The van der Waals surface area contributed by atoms with Crippen molar-refractivity contribution in [2.75, 3.05) is 18.2 Å². The number of pyridine rings is 1. The average molecular weight is 363 g/mol. The van der Waals surface area contributed by atoms with E-state index in [4.69, 9.17) is 10.5 Å². The predicted molar refractivity (Wildman–Crippen MR) is 105 cm³/mol. The van der Waals surface area contributed by atoms with Crippen molar-refractivity contribution in [3.63, 3.8) is 0 Å². The van der Waals surface area contributed by atoms with Gasteiger partial charge in [-0.25, -0.2) is 9.37 Å². The molecule has 1 aromatic heterocycles. The number of nitrogen functional groups attached to an aromatic ring is 1. The first-order valence-electron chi connectivity index (χ1n) is 8.20. The molecule has 3 aromatic rings. The number of allylic oxidation sites excluding steroid dienone is 1. The Morgan fingerprint density at radius 3 is 2.67 bits per heavy atom. The highest BCUT2D eigenvalue weighted by Gasteiger charge is 2.10. The minimum atomic E-state index is -0.334. The Morgan fingerprint density at radius 1 is 1.19 bits per heavy atom. The molecule has 136 valence electrons. The third-order valence-electron chi connectivity index (χ3n) is 3.86. The number of hydrogen-bond acceptors (Lipinski definition) is 5. The van der Waals surface area contributed by atoms with Gasteiger partial charge in [0.25, 0.3) is 0 Å². The molecule has 0 saturated heterocycles. The Bertz CT molecular complexity index is 985. The highest BCUT2D eigenvalue weighted by molar-refractivity contribution is 6.10. The number of nitrogens with two attached hydrogens (primary N) is 1. The van der Waals surface area contributed by atoms with Crippen LogP contribution in [0.2, 0.25) is 0 Å². The van der Waals surface area contributed by atoms with Gasteiger partial charge in [-0.15, -0.1) is 0 Å². The van der Waals surface area contributed by atoms with E-state index in [0.29, 0.717) is 28.5 Å². The van der Waals surface area contributed by atoms with Gasteiger partial charge in [-0.2, -0.15) is 0 Å². The van der Waals surface area contributed by atoms with Gasteiger partial charge in [0.2, 0.25) is 0 Å². The van der Waals surface area contributed by atoms with E-state index in [-0.39, 0.29) is 11.6 Å². The third kappa shape index (κ3) is 4.49. The molecular formula is C21H18FN3O2. The summed E-state index contributed by atoms with van der Waals surface area (Å²) in [4.78, 5) is 16.8. The number of carbonyl (C=O) groups excluding carboxylic acids is 1. The Labute approximate surface area is 156 Å². The lowest BCUT2D eigenvalue weighted by Crippen LogP contribution is -2.03. The van der Waals surface area contributed by atoms with E-state index in [9.17, 15) is 9.18 Å². The number of benzene rings is 2. The van der Waals surface area contributed by atoms with Crippen LogP contribution in [0.3, 0.4) is 0 Å². The van der Waals surface area contributed by atoms with E-state index in [1.165, 1.54) is 18.2 Å². The lowest BCUT2D eigenvalue weighted by atomic mass is 10.1. The van der Waals surface area contributed by atoms with Crippen LogP contribution in [0, 0.1) is 5.82 Å². The smallest absolute Gasteiger partial charge is 0.189 e. The maximum absolute atomic E-state index is 13.0. The van der Waals surface area contributed by atoms with E-state index in [0.717, 1.165) is 5.56 Å². The van der Waals surface area contributed by atoms with Crippen molar-refractivity contribution in [2.45, 2.75) is 0 Å². The molecule has 0 radical (unpaired) electrons. The monoisotopic (exact) mass is 363 g/mol. The first-order chi connectivity index (χ1) is 13.1. The molecule has 2 aromatic carbocycles. The van der Waals surface area contributed by atoms with E-state index >= 15 is 0 Å². The first-order valence-corrected chi connectivity index (χ1v) is 8.20. The molecule has 0 aliphatic heterocycles. The van der Waals surface area contributed by atoms with Crippen LogP contribution in [-0.2, 0) is 0 Å². The molecular weight excluding hydrogens is 345 g/mol. The van der Waals surface area contributed by atoms with Crippen LogP contribution < -0.4 is 15.8 Å². The van der Waals surface area contributed by atoms with Crippen molar-refractivity contribution in [3.05, 3.63) is 83.8 Å². The number of halogens is 1. The van der Waals surface area contributed by atoms with Gasteiger partial charge in [0.05, 0.1) is 18.4 Å². The van der Waals surface area contributed by atoms with Crippen LogP contribution in [0.4, 0.5) is 21.6 Å². The molecule has 3 N–H and O–H groups in total. The molecule has 0 bridgehead atoms. The number of anilines is 3. The summed E-state index contributed by atoms with van der Waals surface area (Å²) >= 11 is 0. The zero-order valence-corrected chi connectivity index (χ0v) is 14.6. The summed E-state index contributed by atoms with van der Waals surface area (Å²) in [6.07, 6.45) is 4.71. The van der Waals surface area contributed by atoms with Gasteiger partial charge >= 0.3 is 0 Å². The Balaban J connectivity index is 1.80. The molecule has 0 spiro atoms. The molecule has 0 fully saturated rings. The number of nitrogens with zero attached hydrogens (tertiary/aromatic N) is 1. The van der Waals surface area contributed by atoms with Gasteiger partial charge in [-0.1, -0.05) is 12.1 Å². The van der Waals surface area contributed by atoms with E-state index in [1.54, 1.807) is 61.8 Å². The summed E-state index contributed by atoms with van der Waals surface area (Å²) in [6, 6.07) is 14.5. The fourth-order valence-electron chi connectivity index (χ4n) is 2.49. The molecule has 27 heavy (non-hydrogen) atoms. The van der Waals surface area contributed by atoms with Crippen LogP contribution >= 0.6 is 0 Å². The van der Waals surface area contributed by atoms with Crippen molar-refractivity contribution in [2.24, 2.45) is 0 Å². The van der Waals surface area contributed by atoms with Crippen molar-refractivity contribution in [3.8, 4) is 5.75 Å². The molecule has 0 atom stereocenters. The molecule has 0 saturated carbocycles. The minimum absolute atomic E-state index is 0.220. The van der Waals surface area contributed by atoms with Crippen LogP contribution in [0.15, 0.2) is 66.9 Å². The number of carbonyl (C=O) groups is 1. The summed E-state index contributed by atoms with van der Waals surface area (Å²) in [5.74, 6) is 0.422. The lowest BCUT2D eigenvalue weighted by Gasteiger charge is -2.09. The summed E-state index contributed by atoms with van der Waals surface area (Å²) in [5.41, 5.74) is 8.19. The molecule has 0 unspecified atom stereocenters. The second kappa shape index (κ2) is 8.14. The largest absolute Gasteiger partial charge is 0.495 e.